The minimum absolute atomic E-state index is 0.564. The zero-order chi connectivity index (χ0) is 14.6. The lowest BCUT2D eigenvalue weighted by molar-refractivity contribution is 0.268. The molecule has 0 amide bonds. The van der Waals surface area contributed by atoms with Crippen molar-refractivity contribution in [3.63, 3.8) is 0 Å². The zero-order valence-electron chi connectivity index (χ0n) is 13.5. The summed E-state index contributed by atoms with van der Waals surface area (Å²) in [5, 5.41) is 3.53. The molecule has 2 nitrogen and oxygen atoms in total. The Morgan fingerprint density at radius 2 is 1.80 bits per heavy atom. The Balaban J connectivity index is 2.25. The van der Waals surface area contributed by atoms with Crippen LogP contribution in [-0.4, -0.2) is 13.2 Å². The normalized spacial score (nSPS) is 11.0. The first-order chi connectivity index (χ1) is 9.74. The Hall–Kier alpha value is -1.02. The second kappa shape index (κ2) is 10.7. The van der Waals surface area contributed by atoms with Gasteiger partial charge in [0, 0.05) is 12.1 Å². The van der Waals surface area contributed by atoms with Gasteiger partial charge in [-0.05, 0) is 24.9 Å². The van der Waals surface area contributed by atoms with E-state index in [-0.39, 0.29) is 0 Å². The van der Waals surface area contributed by atoms with Gasteiger partial charge in [0.25, 0.3) is 0 Å². The van der Waals surface area contributed by atoms with E-state index in [0.29, 0.717) is 5.92 Å². The molecular weight excluding hydrogens is 246 g/mol. The molecule has 1 rings (SSSR count). The summed E-state index contributed by atoms with van der Waals surface area (Å²) < 4.78 is 5.87. The van der Waals surface area contributed by atoms with Crippen LogP contribution in [0.15, 0.2) is 24.3 Å². The lowest BCUT2D eigenvalue weighted by atomic mass is 10.1. The first-order valence-corrected chi connectivity index (χ1v) is 8.15. The number of ether oxygens (including phenoxy) is 1. The van der Waals surface area contributed by atoms with Crippen LogP contribution in [0.4, 0.5) is 0 Å². The fourth-order valence-electron chi connectivity index (χ4n) is 2.12. The van der Waals surface area contributed by atoms with Crippen molar-refractivity contribution >= 4 is 0 Å². The fourth-order valence-corrected chi connectivity index (χ4v) is 2.12. The van der Waals surface area contributed by atoms with Crippen molar-refractivity contribution in [1.29, 1.82) is 0 Å². The third-order valence-corrected chi connectivity index (χ3v) is 3.32. The topological polar surface area (TPSA) is 21.3 Å². The van der Waals surface area contributed by atoms with Gasteiger partial charge in [0.2, 0.25) is 0 Å². The van der Waals surface area contributed by atoms with Crippen molar-refractivity contribution in [3.05, 3.63) is 29.8 Å². The van der Waals surface area contributed by atoms with Gasteiger partial charge in [-0.3, -0.25) is 0 Å². The van der Waals surface area contributed by atoms with Crippen molar-refractivity contribution in [2.45, 2.75) is 59.4 Å². The molecule has 114 valence electrons. The highest BCUT2D eigenvalue weighted by atomic mass is 16.5. The van der Waals surface area contributed by atoms with E-state index in [1.54, 1.807) is 0 Å². The Kier molecular flexibility index (Phi) is 9.14. The average Bonchev–Trinajstić information content (AvgIpc) is 2.45. The van der Waals surface area contributed by atoms with Crippen molar-refractivity contribution < 1.29 is 4.74 Å². The Bertz CT molecular complexity index is 349. The molecule has 0 unspecified atom stereocenters. The summed E-state index contributed by atoms with van der Waals surface area (Å²) in [6.45, 7) is 9.40. The van der Waals surface area contributed by atoms with E-state index in [4.69, 9.17) is 4.74 Å². The lowest BCUT2D eigenvalue weighted by Crippen LogP contribution is -2.16. The second-order valence-corrected chi connectivity index (χ2v) is 5.90. The van der Waals surface area contributed by atoms with Crippen LogP contribution >= 0.6 is 0 Å². The molecule has 0 saturated heterocycles. The van der Waals surface area contributed by atoms with E-state index >= 15 is 0 Å². The van der Waals surface area contributed by atoms with E-state index in [9.17, 15) is 0 Å². The minimum Gasteiger partial charge on any atom is -0.493 e. The van der Waals surface area contributed by atoms with Crippen LogP contribution in [-0.2, 0) is 6.54 Å². The highest BCUT2D eigenvalue weighted by molar-refractivity contribution is 5.33. The van der Waals surface area contributed by atoms with Gasteiger partial charge in [-0.25, -0.2) is 0 Å². The predicted molar refractivity (Wildman–Crippen MR) is 87.2 cm³/mol. The van der Waals surface area contributed by atoms with Gasteiger partial charge in [0.05, 0.1) is 6.61 Å². The van der Waals surface area contributed by atoms with Crippen molar-refractivity contribution in [3.8, 4) is 5.75 Å². The van der Waals surface area contributed by atoms with Crippen LogP contribution in [0.3, 0.4) is 0 Å². The van der Waals surface area contributed by atoms with Crippen LogP contribution in [0.5, 0.6) is 5.75 Å². The Morgan fingerprint density at radius 3 is 2.55 bits per heavy atom. The maximum atomic E-state index is 5.87. The summed E-state index contributed by atoms with van der Waals surface area (Å²) in [5.41, 5.74) is 1.27. The summed E-state index contributed by atoms with van der Waals surface area (Å²) in [6.07, 6.45) is 6.66. The molecular formula is C18H31NO. The van der Waals surface area contributed by atoms with E-state index in [0.717, 1.165) is 25.4 Å². The average molecular weight is 277 g/mol. The second-order valence-electron chi connectivity index (χ2n) is 5.90. The van der Waals surface area contributed by atoms with E-state index < -0.39 is 0 Å². The zero-order valence-corrected chi connectivity index (χ0v) is 13.5. The summed E-state index contributed by atoms with van der Waals surface area (Å²) in [6, 6.07) is 8.35. The molecule has 0 heterocycles. The van der Waals surface area contributed by atoms with Crippen LogP contribution in [0.2, 0.25) is 0 Å². The molecule has 2 heteroatoms. The van der Waals surface area contributed by atoms with Crippen LogP contribution in [0.25, 0.3) is 0 Å². The molecule has 0 saturated carbocycles. The monoisotopic (exact) mass is 277 g/mol. The third kappa shape index (κ3) is 7.54. The number of hydrogen-bond donors (Lipinski definition) is 1. The summed E-state index contributed by atoms with van der Waals surface area (Å²) >= 11 is 0. The summed E-state index contributed by atoms with van der Waals surface area (Å²) in [4.78, 5) is 0. The molecule has 0 spiro atoms. The van der Waals surface area contributed by atoms with E-state index in [1.165, 1.54) is 37.7 Å². The number of para-hydroxylation sites is 1. The highest BCUT2D eigenvalue weighted by Gasteiger charge is 2.03. The van der Waals surface area contributed by atoms with Gasteiger partial charge < -0.3 is 10.1 Å². The maximum Gasteiger partial charge on any atom is 0.123 e. The largest absolute Gasteiger partial charge is 0.493 e. The molecule has 0 fully saturated rings. The molecule has 20 heavy (non-hydrogen) atoms. The molecule has 0 bridgehead atoms. The smallest absolute Gasteiger partial charge is 0.123 e. The summed E-state index contributed by atoms with van der Waals surface area (Å²) in [7, 11) is 0. The molecule has 1 aromatic rings. The number of benzene rings is 1. The minimum atomic E-state index is 0.564. The lowest BCUT2D eigenvalue weighted by Gasteiger charge is -2.13. The quantitative estimate of drug-likeness (QED) is 0.588. The van der Waals surface area contributed by atoms with Crippen LogP contribution in [0, 0.1) is 5.92 Å². The van der Waals surface area contributed by atoms with Crippen LogP contribution in [0.1, 0.15) is 58.4 Å². The van der Waals surface area contributed by atoms with Gasteiger partial charge in [-0.2, -0.15) is 0 Å². The van der Waals surface area contributed by atoms with E-state index in [2.05, 4.69) is 44.3 Å². The van der Waals surface area contributed by atoms with Crippen molar-refractivity contribution in [2.24, 2.45) is 5.92 Å². The molecule has 1 N–H and O–H groups in total. The first kappa shape index (κ1) is 17.0. The van der Waals surface area contributed by atoms with Gasteiger partial charge in [-0.1, -0.05) is 64.7 Å². The van der Waals surface area contributed by atoms with Gasteiger partial charge in [-0.15, -0.1) is 0 Å². The predicted octanol–water partition coefficient (Wildman–Crippen LogP) is 4.78. The van der Waals surface area contributed by atoms with Crippen LogP contribution < -0.4 is 10.1 Å². The molecule has 0 atom stereocenters. The molecule has 0 aliphatic carbocycles. The standard InChI is InChI=1S/C18H31NO/c1-4-5-6-7-10-13-19-14-17-11-8-9-12-18(17)20-15-16(2)3/h8-9,11-12,16,19H,4-7,10,13-15H2,1-3H3. The van der Waals surface area contributed by atoms with E-state index in [1.807, 2.05) is 6.07 Å². The number of rotatable bonds is 11. The highest BCUT2D eigenvalue weighted by Crippen LogP contribution is 2.18. The van der Waals surface area contributed by atoms with Crippen molar-refractivity contribution in [1.82, 2.24) is 5.32 Å². The number of nitrogens with one attached hydrogen (secondary N) is 1. The third-order valence-electron chi connectivity index (χ3n) is 3.32. The maximum absolute atomic E-state index is 5.87. The molecule has 0 radical (unpaired) electrons. The van der Waals surface area contributed by atoms with Crippen molar-refractivity contribution in [2.75, 3.05) is 13.2 Å². The molecule has 1 aromatic carbocycles. The molecule has 0 aliphatic rings. The van der Waals surface area contributed by atoms with Gasteiger partial charge in [0.1, 0.15) is 5.75 Å². The Morgan fingerprint density at radius 1 is 1.05 bits per heavy atom. The summed E-state index contributed by atoms with van der Waals surface area (Å²) in [5.74, 6) is 1.59. The number of hydrogen-bond acceptors (Lipinski definition) is 2. The SMILES string of the molecule is CCCCCCCNCc1ccccc1OCC(C)C. The first-order valence-electron chi connectivity index (χ1n) is 8.15. The van der Waals surface area contributed by atoms with Gasteiger partial charge >= 0.3 is 0 Å². The Labute approximate surface area is 124 Å². The fraction of sp³-hybridized carbons (Fsp3) is 0.667. The van der Waals surface area contributed by atoms with Gasteiger partial charge in [0.15, 0.2) is 0 Å². The molecule has 0 aromatic heterocycles. The number of unbranched alkanes of at least 4 members (excludes halogenated alkanes) is 4. The molecule has 0 aliphatic heterocycles.